The van der Waals surface area contributed by atoms with Crippen LogP contribution in [0, 0.1) is 5.92 Å². The molecule has 0 aromatic heterocycles. The maximum absolute atomic E-state index is 12.0. The monoisotopic (exact) mass is 405 g/mol. The largest absolute Gasteiger partial charge is 0.350 e. The zero-order chi connectivity index (χ0) is 21.2. The van der Waals surface area contributed by atoms with Gasteiger partial charge in [0.2, 0.25) is 11.8 Å². The van der Waals surface area contributed by atoms with Crippen LogP contribution in [0.2, 0.25) is 0 Å². The van der Waals surface area contributed by atoms with Crippen LogP contribution in [0.1, 0.15) is 36.5 Å². The summed E-state index contributed by atoms with van der Waals surface area (Å²) in [5.41, 5.74) is 3.29. The lowest BCUT2D eigenvalue weighted by atomic mass is 9.99. The summed E-state index contributed by atoms with van der Waals surface area (Å²) < 4.78 is 0. The Morgan fingerprint density at radius 1 is 0.967 bits per heavy atom. The van der Waals surface area contributed by atoms with Gasteiger partial charge in [0.15, 0.2) is 0 Å². The standard InChI is InChI=1S/C25H31N3O2/c1-20-13-15-28(16-14-20)19-23-9-7-22(8-10-23)17-26-25(30)18-27-24(29)12-11-21-5-3-2-4-6-21/h2-12,20H,13-19H2,1H3,(H,26,30)(H,27,29)/b12-11+. The second-order valence-electron chi connectivity index (χ2n) is 8.01. The van der Waals surface area contributed by atoms with Crippen molar-refractivity contribution < 1.29 is 9.59 Å². The maximum atomic E-state index is 12.0. The number of carbonyl (C=O) groups excluding carboxylic acids is 2. The smallest absolute Gasteiger partial charge is 0.244 e. The van der Waals surface area contributed by atoms with Crippen molar-refractivity contribution in [2.24, 2.45) is 5.92 Å². The fourth-order valence-corrected chi connectivity index (χ4v) is 3.47. The normalized spacial score (nSPS) is 15.2. The second kappa shape index (κ2) is 11.3. The Morgan fingerprint density at radius 2 is 1.63 bits per heavy atom. The van der Waals surface area contributed by atoms with E-state index in [2.05, 4.69) is 46.7 Å². The molecule has 0 unspecified atom stereocenters. The molecule has 0 radical (unpaired) electrons. The molecule has 0 aliphatic carbocycles. The van der Waals surface area contributed by atoms with Crippen LogP contribution in [0.3, 0.4) is 0 Å². The van der Waals surface area contributed by atoms with Crippen molar-refractivity contribution in [3.8, 4) is 0 Å². The van der Waals surface area contributed by atoms with Crippen molar-refractivity contribution >= 4 is 17.9 Å². The van der Waals surface area contributed by atoms with Gasteiger partial charge in [0, 0.05) is 19.2 Å². The summed E-state index contributed by atoms with van der Waals surface area (Å²) >= 11 is 0. The Kier molecular flexibility index (Phi) is 8.21. The summed E-state index contributed by atoms with van der Waals surface area (Å²) in [5.74, 6) is 0.352. The Morgan fingerprint density at radius 3 is 2.33 bits per heavy atom. The van der Waals surface area contributed by atoms with Crippen LogP contribution in [0.15, 0.2) is 60.7 Å². The van der Waals surface area contributed by atoms with Crippen molar-refractivity contribution in [1.82, 2.24) is 15.5 Å². The van der Waals surface area contributed by atoms with Crippen molar-refractivity contribution in [3.63, 3.8) is 0 Å². The van der Waals surface area contributed by atoms with Gasteiger partial charge < -0.3 is 10.6 Å². The average Bonchev–Trinajstić information content (AvgIpc) is 2.78. The van der Waals surface area contributed by atoms with Gasteiger partial charge >= 0.3 is 0 Å². The number of likely N-dealkylation sites (tertiary alicyclic amines) is 1. The number of nitrogens with zero attached hydrogens (tertiary/aromatic N) is 1. The van der Waals surface area contributed by atoms with Gasteiger partial charge in [0.05, 0.1) is 6.54 Å². The van der Waals surface area contributed by atoms with Crippen LogP contribution < -0.4 is 10.6 Å². The summed E-state index contributed by atoms with van der Waals surface area (Å²) in [6, 6.07) is 17.9. The lowest BCUT2D eigenvalue weighted by Crippen LogP contribution is -2.35. The third kappa shape index (κ3) is 7.48. The SMILES string of the molecule is CC1CCN(Cc2ccc(CNC(=O)CNC(=O)/C=C/c3ccccc3)cc2)CC1. The van der Waals surface area contributed by atoms with E-state index in [1.807, 2.05) is 30.3 Å². The summed E-state index contributed by atoms with van der Waals surface area (Å²) in [4.78, 5) is 26.3. The molecule has 5 heteroatoms. The third-order valence-corrected chi connectivity index (χ3v) is 5.44. The number of hydrogen-bond donors (Lipinski definition) is 2. The molecule has 158 valence electrons. The molecular formula is C25H31N3O2. The van der Waals surface area contributed by atoms with Crippen LogP contribution in [-0.2, 0) is 22.7 Å². The zero-order valence-electron chi connectivity index (χ0n) is 17.6. The van der Waals surface area contributed by atoms with Gasteiger partial charge in [-0.05, 0) is 54.6 Å². The average molecular weight is 406 g/mol. The minimum absolute atomic E-state index is 0.0383. The summed E-state index contributed by atoms with van der Waals surface area (Å²) in [5, 5.41) is 5.45. The van der Waals surface area contributed by atoms with E-state index < -0.39 is 0 Å². The molecule has 2 N–H and O–H groups in total. The fraction of sp³-hybridized carbons (Fsp3) is 0.360. The van der Waals surface area contributed by atoms with Gasteiger partial charge in [0.1, 0.15) is 0 Å². The summed E-state index contributed by atoms with van der Waals surface area (Å²) in [6.45, 7) is 6.07. The molecule has 2 amide bonds. The number of rotatable bonds is 8. The molecule has 30 heavy (non-hydrogen) atoms. The van der Waals surface area contributed by atoms with Crippen LogP contribution in [0.25, 0.3) is 6.08 Å². The van der Waals surface area contributed by atoms with Crippen molar-refractivity contribution in [3.05, 3.63) is 77.4 Å². The highest BCUT2D eigenvalue weighted by molar-refractivity contribution is 5.94. The van der Waals surface area contributed by atoms with Gasteiger partial charge in [-0.3, -0.25) is 14.5 Å². The molecule has 3 rings (SSSR count). The maximum Gasteiger partial charge on any atom is 0.244 e. The quantitative estimate of drug-likeness (QED) is 0.662. The van der Waals surface area contributed by atoms with E-state index in [4.69, 9.17) is 0 Å². The molecule has 5 nitrogen and oxygen atoms in total. The molecular weight excluding hydrogens is 374 g/mol. The first kappa shape index (κ1) is 21.8. The lowest BCUT2D eigenvalue weighted by molar-refractivity contribution is -0.124. The molecule has 2 aromatic rings. The number of nitrogens with one attached hydrogen (secondary N) is 2. The number of amides is 2. The molecule has 1 fully saturated rings. The molecule has 0 saturated carbocycles. The topological polar surface area (TPSA) is 61.4 Å². The first-order chi connectivity index (χ1) is 14.6. The minimum Gasteiger partial charge on any atom is -0.350 e. The van der Waals surface area contributed by atoms with E-state index in [1.165, 1.54) is 37.6 Å². The number of hydrogen-bond acceptors (Lipinski definition) is 3. The molecule has 0 bridgehead atoms. The lowest BCUT2D eigenvalue weighted by Gasteiger charge is -2.30. The van der Waals surface area contributed by atoms with Crippen molar-refractivity contribution in [1.29, 1.82) is 0 Å². The highest BCUT2D eigenvalue weighted by atomic mass is 16.2. The van der Waals surface area contributed by atoms with E-state index in [1.54, 1.807) is 6.08 Å². The predicted octanol–water partition coefficient (Wildman–Crippen LogP) is 3.36. The Balaban J connectivity index is 1.35. The van der Waals surface area contributed by atoms with Gasteiger partial charge in [-0.25, -0.2) is 0 Å². The van der Waals surface area contributed by atoms with E-state index in [9.17, 15) is 9.59 Å². The molecule has 0 atom stereocenters. The van der Waals surface area contributed by atoms with Crippen molar-refractivity contribution in [2.75, 3.05) is 19.6 Å². The number of piperidine rings is 1. The van der Waals surface area contributed by atoms with Crippen LogP contribution >= 0.6 is 0 Å². The van der Waals surface area contributed by atoms with Gasteiger partial charge in [-0.15, -0.1) is 0 Å². The van der Waals surface area contributed by atoms with Crippen molar-refractivity contribution in [2.45, 2.75) is 32.9 Å². The Labute approximate surface area is 179 Å². The van der Waals surface area contributed by atoms with Gasteiger partial charge in [0.25, 0.3) is 0 Å². The first-order valence-corrected chi connectivity index (χ1v) is 10.7. The zero-order valence-corrected chi connectivity index (χ0v) is 17.6. The van der Waals surface area contributed by atoms with E-state index >= 15 is 0 Å². The van der Waals surface area contributed by atoms with E-state index in [-0.39, 0.29) is 18.4 Å². The molecule has 0 spiro atoms. The van der Waals surface area contributed by atoms with E-state index in [0.29, 0.717) is 6.54 Å². The highest BCUT2D eigenvalue weighted by Crippen LogP contribution is 2.18. The van der Waals surface area contributed by atoms with Crippen LogP contribution in [0.4, 0.5) is 0 Å². The van der Waals surface area contributed by atoms with Crippen LogP contribution in [-0.4, -0.2) is 36.3 Å². The van der Waals surface area contributed by atoms with E-state index in [0.717, 1.165) is 23.6 Å². The summed E-state index contributed by atoms with van der Waals surface area (Å²) in [7, 11) is 0. The molecule has 1 saturated heterocycles. The third-order valence-electron chi connectivity index (χ3n) is 5.44. The molecule has 1 aliphatic heterocycles. The van der Waals surface area contributed by atoms with Crippen LogP contribution in [0.5, 0.6) is 0 Å². The predicted molar refractivity (Wildman–Crippen MR) is 120 cm³/mol. The highest BCUT2D eigenvalue weighted by Gasteiger charge is 2.15. The molecule has 1 aliphatic rings. The fourth-order valence-electron chi connectivity index (χ4n) is 3.47. The first-order valence-electron chi connectivity index (χ1n) is 10.7. The second-order valence-corrected chi connectivity index (χ2v) is 8.01. The molecule has 1 heterocycles. The number of benzene rings is 2. The van der Waals surface area contributed by atoms with Gasteiger partial charge in [-0.2, -0.15) is 0 Å². The minimum atomic E-state index is -0.287. The number of carbonyl (C=O) groups is 2. The van der Waals surface area contributed by atoms with Gasteiger partial charge in [-0.1, -0.05) is 61.5 Å². The Bertz CT molecular complexity index is 838. The molecule has 2 aromatic carbocycles. The summed E-state index contributed by atoms with van der Waals surface area (Å²) in [6.07, 6.45) is 5.72. The Hall–Kier alpha value is -2.92.